The minimum Gasteiger partial charge on any atom is -0.493 e. The smallest absolute Gasteiger partial charge is 0.258 e. The highest BCUT2D eigenvalue weighted by Gasteiger charge is 2.39. The number of rotatable bonds is 6. The van der Waals surface area contributed by atoms with Gasteiger partial charge >= 0.3 is 0 Å². The number of nitrogens with zero attached hydrogens (tertiary/aromatic N) is 2. The molecule has 1 aliphatic carbocycles. The Morgan fingerprint density at radius 2 is 2.17 bits per heavy atom. The molecule has 7 heteroatoms. The van der Waals surface area contributed by atoms with Crippen molar-refractivity contribution in [3.63, 3.8) is 0 Å². The number of methoxy groups -OCH3 is 1. The summed E-state index contributed by atoms with van der Waals surface area (Å²) in [6.45, 7) is 2.67. The fourth-order valence-electron chi connectivity index (χ4n) is 2.51. The maximum Gasteiger partial charge on any atom is 0.258 e. The van der Waals surface area contributed by atoms with Gasteiger partial charge in [0.15, 0.2) is 17.3 Å². The molecule has 0 radical (unpaired) electrons. The van der Waals surface area contributed by atoms with Crippen LogP contribution in [0.2, 0.25) is 0 Å². The zero-order valence-corrected chi connectivity index (χ0v) is 14.9. The molecule has 124 valence electrons. The Bertz CT molecular complexity index is 698. The normalized spacial score (nSPS) is 16.0. The topological polar surface area (TPSA) is 83.4 Å². The molecule has 0 atom stereocenters. The maximum atomic E-state index is 6.24. The van der Waals surface area contributed by atoms with Gasteiger partial charge < -0.3 is 19.7 Å². The highest BCUT2D eigenvalue weighted by molar-refractivity contribution is 9.10. The first kappa shape index (κ1) is 16.3. The molecule has 1 heterocycles. The number of hydrogen-bond acceptors (Lipinski definition) is 6. The molecule has 1 aliphatic rings. The fourth-order valence-corrected chi connectivity index (χ4v) is 3.07. The molecule has 0 spiro atoms. The molecule has 1 aromatic carbocycles. The number of hydrogen-bond donors (Lipinski definition) is 1. The number of ether oxygens (including phenoxy) is 2. The summed E-state index contributed by atoms with van der Waals surface area (Å²) in [6, 6.07) is 3.71. The van der Waals surface area contributed by atoms with E-state index in [1.807, 2.05) is 12.1 Å². The summed E-state index contributed by atoms with van der Waals surface area (Å²) in [5.41, 5.74) is 6.57. The van der Waals surface area contributed by atoms with E-state index in [4.69, 9.17) is 19.7 Å². The van der Waals surface area contributed by atoms with E-state index in [-0.39, 0.29) is 0 Å². The van der Waals surface area contributed by atoms with Crippen molar-refractivity contribution in [3.05, 3.63) is 22.4 Å². The molecular weight excluding hydrogens is 362 g/mol. The van der Waals surface area contributed by atoms with E-state index in [1.165, 1.54) is 0 Å². The zero-order chi connectivity index (χ0) is 16.4. The van der Waals surface area contributed by atoms with Gasteiger partial charge in [0.05, 0.1) is 23.7 Å². The Kier molecular flexibility index (Phi) is 4.59. The Hall–Kier alpha value is -1.60. The van der Waals surface area contributed by atoms with E-state index in [2.05, 4.69) is 33.0 Å². The monoisotopic (exact) mass is 381 g/mol. The van der Waals surface area contributed by atoms with Crippen molar-refractivity contribution in [2.75, 3.05) is 13.7 Å². The van der Waals surface area contributed by atoms with Gasteiger partial charge in [-0.15, -0.1) is 0 Å². The number of nitrogens with two attached hydrogens (primary N) is 1. The molecule has 0 aliphatic heterocycles. The van der Waals surface area contributed by atoms with Gasteiger partial charge in [-0.3, -0.25) is 0 Å². The van der Waals surface area contributed by atoms with Crippen LogP contribution >= 0.6 is 15.9 Å². The summed E-state index contributed by atoms with van der Waals surface area (Å²) in [6.07, 6.45) is 3.80. The standard InChI is InChI=1S/C16H20BrN3O3/c1-3-7-22-13-11(17)8-10(9-12(13)21-2)14-19-15(20-23-14)16(18)5-4-6-16/h8-9H,3-7,18H2,1-2H3. The second kappa shape index (κ2) is 6.49. The van der Waals surface area contributed by atoms with Gasteiger partial charge in [-0.25, -0.2) is 0 Å². The Morgan fingerprint density at radius 1 is 1.39 bits per heavy atom. The van der Waals surface area contributed by atoms with Crippen LogP contribution in [0.25, 0.3) is 11.5 Å². The summed E-state index contributed by atoms with van der Waals surface area (Å²) >= 11 is 3.52. The average Bonchev–Trinajstić information content (AvgIpc) is 3.01. The Balaban J connectivity index is 1.92. The number of benzene rings is 1. The molecule has 2 N–H and O–H groups in total. The predicted octanol–water partition coefficient (Wildman–Crippen LogP) is 3.63. The van der Waals surface area contributed by atoms with Crippen LogP contribution in [0.15, 0.2) is 21.1 Å². The van der Waals surface area contributed by atoms with Crippen molar-refractivity contribution in [1.29, 1.82) is 0 Å². The largest absolute Gasteiger partial charge is 0.493 e. The van der Waals surface area contributed by atoms with Gasteiger partial charge in [-0.1, -0.05) is 12.1 Å². The van der Waals surface area contributed by atoms with Crippen LogP contribution in [0.4, 0.5) is 0 Å². The molecule has 0 bridgehead atoms. The molecule has 0 saturated heterocycles. The van der Waals surface area contributed by atoms with Crippen molar-refractivity contribution in [3.8, 4) is 23.0 Å². The molecule has 1 saturated carbocycles. The summed E-state index contributed by atoms with van der Waals surface area (Å²) in [7, 11) is 1.60. The highest BCUT2D eigenvalue weighted by atomic mass is 79.9. The molecule has 2 aromatic rings. The molecular formula is C16H20BrN3O3. The first-order valence-electron chi connectivity index (χ1n) is 7.71. The summed E-state index contributed by atoms with van der Waals surface area (Å²) in [4.78, 5) is 4.46. The molecule has 0 amide bonds. The molecule has 1 fully saturated rings. The van der Waals surface area contributed by atoms with Crippen LogP contribution in [0.3, 0.4) is 0 Å². The average molecular weight is 382 g/mol. The lowest BCUT2D eigenvalue weighted by molar-refractivity contribution is 0.229. The third-order valence-corrected chi connectivity index (χ3v) is 4.63. The predicted molar refractivity (Wildman–Crippen MR) is 89.5 cm³/mol. The lowest BCUT2D eigenvalue weighted by Crippen LogP contribution is -2.44. The van der Waals surface area contributed by atoms with Crippen LogP contribution in [0.1, 0.15) is 38.4 Å². The summed E-state index contributed by atoms with van der Waals surface area (Å²) in [5, 5.41) is 4.05. The molecule has 0 unspecified atom stereocenters. The molecule has 3 rings (SSSR count). The van der Waals surface area contributed by atoms with Crippen molar-refractivity contribution in [2.24, 2.45) is 5.73 Å². The first-order valence-corrected chi connectivity index (χ1v) is 8.50. The Morgan fingerprint density at radius 3 is 2.78 bits per heavy atom. The van der Waals surface area contributed by atoms with Crippen LogP contribution in [0, 0.1) is 0 Å². The zero-order valence-electron chi connectivity index (χ0n) is 13.3. The second-order valence-corrected chi connectivity index (χ2v) is 6.63. The first-order chi connectivity index (χ1) is 11.1. The van der Waals surface area contributed by atoms with Gasteiger partial charge in [0.25, 0.3) is 5.89 Å². The van der Waals surface area contributed by atoms with Gasteiger partial charge in [0.2, 0.25) is 0 Å². The van der Waals surface area contributed by atoms with Gasteiger partial charge in [-0.2, -0.15) is 4.98 Å². The van der Waals surface area contributed by atoms with Gasteiger partial charge in [0, 0.05) is 5.56 Å². The molecule has 1 aromatic heterocycles. The van der Waals surface area contributed by atoms with E-state index in [9.17, 15) is 0 Å². The van der Waals surface area contributed by atoms with E-state index >= 15 is 0 Å². The van der Waals surface area contributed by atoms with E-state index in [1.54, 1.807) is 7.11 Å². The fraction of sp³-hybridized carbons (Fsp3) is 0.500. The van der Waals surface area contributed by atoms with E-state index in [0.29, 0.717) is 29.8 Å². The van der Waals surface area contributed by atoms with E-state index in [0.717, 1.165) is 35.7 Å². The summed E-state index contributed by atoms with van der Waals surface area (Å²) in [5.74, 6) is 2.29. The lowest BCUT2D eigenvalue weighted by atomic mass is 9.77. The van der Waals surface area contributed by atoms with Crippen LogP contribution in [0.5, 0.6) is 11.5 Å². The molecule has 6 nitrogen and oxygen atoms in total. The Labute approximate surface area is 143 Å². The van der Waals surface area contributed by atoms with E-state index < -0.39 is 5.54 Å². The second-order valence-electron chi connectivity index (χ2n) is 5.77. The number of halogens is 1. The molecule has 23 heavy (non-hydrogen) atoms. The third-order valence-electron chi connectivity index (χ3n) is 4.04. The lowest BCUT2D eigenvalue weighted by Gasteiger charge is -2.34. The SMILES string of the molecule is CCCOc1c(Br)cc(-c2nc(C3(N)CCC3)no2)cc1OC. The van der Waals surface area contributed by atoms with Crippen LogP contribution < -0.4 is 15.2 Å². The van der Waals surface area contributed by atoms with Crippen LogP contribution in [-0.4, -0.2) is 23.9 Å². The minimum atomic E-state index is -0.437. The van der Waals surface area contributed by atoms with Crippen molar-refractivity contribution >= 4 is 15.9 Å². The quantitative estimate of drug-likeness (QED) is 0.822. The van der Waals surface area contributed by atoms with Gasteiger partial charge in [-0.05, 0) is 53.7 Å². The maximum absolute atomic E-state index is 6.24. The third kappa shape index (κ3) is 3.07. The van der Waals surface area contributed by atoms with Gasteiger partial charge in [0.1, 0.15) is 0 Å². The minimum absolute atomic E-state index is 0.428. The highest BCUT2D eigenvalue weighted by Crippen LogP contribution is 2.41. The van der Waals surface area contributed by atoms with Crippen LogP contribution in [-0.2, 0) is 5.54 Å². The van der Waals surface area contributed by atoms with Crippen molar-refractivity contribution in [2.45, 2.75) is 38.1 Å². The van der Waals surface area contributed by atoms with Crippen molar-refractivity contribution < 1.29 is 14.0 Å². The summed E-state index contributed by atoms with van der Waals surface area (Å²) < 4.78 is 17.3. The number of aromatic nitrogens is 2. The van der Waals surface area contributed by atoms with Crippen molar-refractivity contribution in [1.82, 2.24) is 10.1 Å².